The van der Waals surface area contributed by atoms with Crippen molar-refractivity contribution >= 4 is 39.1 Å². The molecule has 3 heterocycles. The maximum Gasteiger partial charge on any atom is 0.356 e. The maximum atomic E-state index is 11.9. The smallest absolute Gasteiger partial charge is 0.332 e. The highest BCUT2D eigenvalue weighted by atomic mass is 16.6. The Labute approximate surface area is 163 Å². The number of pyridine rings is 1. The molecule has 29 heavy (non-hydrogen) atoms. The van der Waals surface area contributed by atoms with Gasteiger partial charge in [-0.05, 0) is 24.3 Å². The largest absolute Gasteiger partial charge is 0.356 e. The van der Waals surface area contributed by atoms with Crippen molar-refractivity contribution in [2.24, 2.45) is 0 Å². The fourth-order valence-corrected chi connectivity index (χ4v) is 3.14. The molecule has 0 fully saturated rings. The fourth-order valence-electron chi connectivity index (χ4n) is 3.14. The molecule has 0 radical (unpaired) electrons. The molecule has 2 aromatic carbocycles. The number of benzene rings is 2. The summed E-state index contributed by atoms with van der Waals surface area (Å²) in [7, 11) is 0. The molecule has 140 valence electrons. The Bertz CT molecular complexity index is 1380. The third kappa shape index (κ3) is 2.79. The number of para-hydroxylation sites is 2. The Balaban J connectivity index is 1.68. The summed E-state index contributed by atoms with van der Waals surface area (Å²) in [5.74, 6) is 0.0622. The molecule has 0 aliphatic heterocycles. The van der Waals surface area contributed by atoms with Crippen molar-refractivity contribution in [3.63, 3.8) is 0 Å². The number of hydrogen-bond acceptors (Lipinski definition) is 8. The molecular formula is C19H12N8O2. The first-order chi connectivity index (χ1) is 14.2. The summed E-state index contributed by atoms with van der Waals surface area (Å²) < 4.78 is 1.33. The number of aromatic nitrogens is 6. The van der Waals surface area contributed by atoms with E-state index in [4.69, 9.17) is 0 Å². The van der Waals surface area contributed by atoms with Gasteiger partial charge in [0.1, 0.15) is 11.8 Å². The molecule has 0 saturated heterocycles. The molecule has 3 aromatic heterocycles. The number of nitro groups is 1. The minimum atomic E-state index is -0.535. The lowest BCUT2D eigenvalue weighted by atomic mass is 10.2. The normalized spacial score (nSPS) is 11.0. The van der Waals surface area contributed by atoms with Crippen LogP contribution in [-0.2, 0) is 0 Å². The highest BCUT2D eigenvalue weighted by Crippen LogP contribution is 2.32. The molecule has 0 amide bonds. The van der Waals surface area contributed by atoms with Crippen molar-refractivity contribution in [2.75, 3.05) is 5.32 Å². The van der Waals surface area contributed by atoms with E-state index in [0.29, 0.717) is 22.2 Å². The van der Waals surface area contributed by atoms with E-state index in [9.17, 15) is 10.1 Å². The van der Waals surface area contributed by atoms with Crippen LogP contribution in [0.25, 0.3) is 27.8 Å². The quantitative estimate of drug-likeness (QED) is 0.369. The zero-order valence-corrected chi connectivity index (χ0v) is 14.8. The van der Waals surface area contributed by atoms with Gasteiger partial charge in [0, 0.05) is 11.6 Å². The van der Waals surface area contributed by atoms with Crippen LogP contribution in [0.4, 0.5) is 17.2 Å². The zero-order chi connectivity index (χ0) is 19.8. The number of fused-ring (bicyclic) bond motifs is 2. The van der Waals surface area contributed by atoms with Crippen molar-refractivity contribution in [3.8, 4) is 5.82 Å². The first kappa shape index (κ1) is 16.7. The minimum absolute atomic E-state index is 0.0226. The van der Waals surface area contributed by atoms with Crippen LogP contribution in [0.15, 0.2) is 67.1 Å². The van der Waals surface area contributed by atoms with Crippen LogP contribution in [-0.4, -0.2) is 34.9 Å². The topological polar surface area (TPSA) is 125 Å². The molecule has 0 unspecified atom stereocenters. The van der Waals surface area contributed by atoms with Crippen LogP contribution in [0.3, 0.4) is 0 Å². The van der Waals surface area contributed by atoms with E-state index < -0.39 is 4.92 Å². The van der Waals surface area contributed by atoms with Gasteiger partial charge in [-0.3, -0.25) is 15.1 Å². The van der Waals surface area contributed by atoms with Crippen molar-refractivity contribution < 1.29 is 4.92 Å². The Morgan fingerprint density at radius 3 is 2.72 bits per heavy atom. The van der Waals surface area contributed by atoms with Gasteiger partial charge >= 0.3 is 5.69 Å². The SMILES string of the molecule is O=[N+]([O-])c1c(Nc2cccc3cccnc23)ncnc1-n1nnc2ccccc21. The van der Waals surface area contributed by atoms with E-state index >= 15 is 0 Å². The third-order valence-corrected chi connectivity index (χ3v) is 4.42. The highest BCUT2D eigenvalue weighted by Gasteiger charge is 2.26. The Morgan fingerprint density at radius 2 is 1.83 bits per heavy atom. The molecule has 5 rings (SSSR count). The average molecular weight is 384 g/mol. The molecule has 5 aromatic rings. The first-order valence-electron chi connectivity index (χ1n) is 8.63. The van der Waals surface area contributed by atoms with E-state index in [0.717, 1.165) is 5.39 Å². The third-order valence-electron chi connectivity index (χ3n) is 4.42. The lowest BCUT2D eigenvalue weighted by Crippen LogP contribution is -2.09. The van der Waals surface area contributed by atoms with Crippen molar-refractivity contribution in [2.45, 2.75) is 0 Å². The van der Waals surface area contributed by atoms with Crippen LogP contribution in [0.1, 0.15) is 0 Å². The van der Waals surface area contributed by atoms with E-state index in [1.807, 2.05) is 30.3 Å². The van der Waals surface area contributed by atoms with E-state index in [1.165, 1.54) is 11.0 Å². The van der Waals surface area contributed by atoms with Crippen molar-refractivity contribution in [1.29, 1.82) is 0 Å². The molecule has 0 spiro atoms. The first-order valence-corrected chi connectivity index (χ1v) is 8.63. The van der Waals surface area contributed by atoms with Gasteiger partial charge in [-0.2, -0.15) is 4.68 Å². The van der Waals surface area contributed by atoms with Gasteiger partial charge in [-0.1, -0.05) is 35.5 Å². The summed E-state index contributed by atoms with van der Waals surface area (Å²) in [5.41, 5.74) is 2.17. The van der Waals surface area contributed by atoms with Crippen LogP contribution in [0, 0.1) is 10.1 Å². The standard InChI is InChI=1S/C19H12N8O2/c28-27(29)17-18(23-14-8-3-5-12-6-4-10-20-16(12)14)21-11-22-19(17)26-15-9-2-1-7-13(15)24-25-26/h1-11H,(H,21,22,23). The molecule has 0 bridgehead atoms. The van der Waals surface area contributed by atoms with Gasteiger partial charge < -0.3 is 5.32 Å². The summed E-state index contributed by atoms with van der Waals surface area (Å²) in [6.07, 6.45) is 2.91. The van der Waals surface area contributed by atoms with Gasteiger partial charge in [0.05, 0.1) is 21.6 Å². The molecule has 10 heteroatoms. The summed E-state index contributed by atoms with van der Waals surface area (Å²) in [5, 5.41) is 24.0. The van der Waals surface area contributed by atoms with Gasteiger partial charge in [0.15, 0.2) is 0 Å². The number of hydrogen-bond donors (Lipinski definition) is 1. The molecule has 10 nitrogen and oxygen atoms in total. The van der Waals surface area contributed by atoms with Gasteiger partial charge in [0.2, 0.25) is 11.6 Å². The van der Waals surface area contributed by atoms with Gasteiger partial charge in [-0.15, -0.1) is 5.10 Å². The fraction of sp³-hybridized carbons (Fsp3) is 0. The molecule has 0 atom stereocenters. The molecule has 0 aliphatic rings. The zero-order valence-electron chi connectivity index (χ0n) is 14.8. The molecule has 0 aliphatic carbocycles. The second-order valence-electron chi connectivity index (χ2n) is 6.15. The van der Waals surface area contributed by atoms with Crippen LogP contribution in [0.2, 0.25) is 0 Å². The molecule has 0 saturated carbocycles. The summed E-state index contributed by atoms with van der Waals surface area (Å²) in [6.45, 7) is 0. The second kappa shape index (κ2) is 6.60. The Hall–Kier alpha value is -4.47. The second-order valence-corrected chi connectivity index (χ2v) is 6.15. The highest BCUT2D eigenvalue weighted by molar-refractivity contribution is 5.92. The lowest BCUT2D eigenvalue weighted by molar-refractivity contribution is -0.384. The maximum absolute atomic E-state index is 11.9. The van der Waals surface area contributed by atoms with Crippen molar-refractivity contribution in [3.05, 3.63) is 77.2 Å². The van der Waals surface area contributed by atoms with E-state index in [2.05, 4.69) is 30.6 Å². The number of rotatable bonds is 4. The summed E-state index contributed by atoms with van der Waals surface area (Å²) in [4.78, 5) is 24.0. The van der Waals surface area contributed by atoms with Crippen LogP contribution < -0.4 is 5.32 Å². The van der Waals surface area contributed by atoms with Crippen LogP contribution >= 0.6 is 0 Å². The van der Waals surface area contributed by atoms with Crippen LogP contribution in [0.5, 0.6) is 0 Å². The number of nitrogens with zero attached hydrogens (tertiary/aromatic N) is 7. The molecular weight excluding hydrogens is 372 g/mol. The summed E-state index contributed by atoms with van der Waals surface area (Å²) in [6, 6.07) is 16.4. The van der Waals surface area contributed by atoms with E-state index in [-0.39, 0.29) is 17.3 Å². The Kier molecular flexibility index (Phi) is 3.80. The number of nitrogens with one attached hydrogen (secondary N) is 1. The van der Waals surface area contributed by atoms with Gasteiger partial charge in [-0.25, -0.2) is 9.97 Å². The number of anilines is 2. The average Bonchev–Trinajstić information content (AvgIpc) is 3.18. The van der Waals surface area contributed by atoms with Gasteiger partial charge in [0.25, 0.3) is 0 Å². The summed E-state index contributed by atoms with van der Waals surface area (Å²) >= 11 is 0. The van der Waals surface area contributed by atoms with Crippen molar-refractivity contribution in [1.82, 2.24) is 29.9 Å². The predicted octanol–water partition coefficient (Wildman–Crippen LogP) is 3.41. The predicted molar refractivity (Wildman–Crippen MR) is 106 cm³/mol. The molecule has 1 N–H and O–H groups in total. The monoisotopic (exact) mass is 384 g/mol. The Morgan fingerprint density at radius 1 is 0.966 bits per heavy atom. The minimum Gasteiger partial charge on any atom is -0.332 e. The van der Waals surface area contributed by atoms with E-state index in [1.54, 1.807) is 30.5 Å². The lowest BCUT2D eigenvalue weighted by Gasteiger charge is -2.10.